The molecule has 0 spiro atoms. The standard InChI is InChI=1S/C15H19ClN4O/c1-3-5-12-14-15(19(2)18-12)20(13(17-14)7-8-16)10-11-6-4-9-21-11/h4,6,9H,3,5,7-8,10H2,1-2H3. The number of nitrogens with zero attached hydrogens (tertiary/aromatic N) is 4. The number of aromatic nitrogens is 4. The Labute approximate surface area is 128 Å². The topological polar surface area (TPSA) is 48.8 Å². The first-order valence-corrected chi connectivity index (χ1v) is 7.77. The molecule has 0 N–H and O–H groups in total. The first-order chi connectivity index (χ1) is 10.2. The van der Waals surface area contributed by atoms with Gasteiger partial charge in [-0.2, -0.15) is 5.10 Å². The van der Waals surface area contributed by atoms with E-state index >= 15 is 0 Å². The van der Waals surface area contributed by atoms with E-state index < -0.39 is 0 Å². The molecule has 3 aromatic rings. The molecule has 0 saturated carbocycles. The molecule has 112 valence electrons. The Morgan fingerprint density at radius 2 is 2.19 bits per heavy atom. The van der Waals surface area contributed by atoms with Crippen LogP contribution in [0.15, 0.2) is 22.8 Å². The number of rotatable bonds is 6. The molecule has 0 amide bonds. The number of alkyl halides is 1. The van der Waals surface area contributed by atoms with E-state index in [1.54, 1.807) is 6.26 Å². The van der Waals surface area contributed by atoms with Gasteiger partial charge in [0.05, 0.1) is 18.5 Å². The number of hydrogen-bond donors (Lipinski definition) is 0. The lowest BCUT2D eigenvalue weighted by atomic mass is 10.2. The van der Waals surface area contributed by atoms with Gasteiger partial charge in [0.1, 0.15) is 17.1 Å². The molecule has 0 aliphatic rings. The van der Waals surface area contributed by atoms with Gasteiger partial charge in [0.15, 0.2) is 5.65 Å². The van der Waals surface area contributed by atoms with E-state index in [2.05, 4.69) is 16.6 Å². The second-order valence-corrected chi connectivity index (χ2v) is 5.50. The number of furan rings is 1. The van der Waals surface area contributed by atoms with E-state index in [1.165, 1.54) is 0 Å². The fourth-order valence-corrected chi connectivity index (χ4v) is 2.86. The van der Waals surface area contributed by atoms with Crippen LogP contribution in [0, 0.1) is 0 Å². The second-order valence-electron chi connectivity index (χ2n) is 5.13. The van der Waals surface area contributed by atoms with Gasteiger partial charge in [-0.3, -0.25) is 4.68 Å². The van der Waals surface area contributed by atoms with Crippen LogP contribution >= 0.6 is 11.6 Å². The van der Waals surface area contributed by atoms with Crippen LogP contribution in [0.2, 0.25) is 0 Å². The van der Waals surface area contributed by atoms with Crippen LogP contribution in [-0.2, 0) is 26.4 Å². The molecule has 3 aromatic heterocycles. The third-order valence-electron chi connectivity index (χ3n) is 3.57. The first kappa shape index (κ1) is 14.2. The van der Waals surface area contributed by atoms with Gasteiger partial charge in [-0.1, -0.05) is 13.3 Å². The molecule has 6 heteroatoms. The zero-order valence-corrected chi connectivity index (χ0v) is 13.1. The van der Waals surface area contributed by atoms with Crippen molar-refractivity contribution in [3.05, 3.63) is 35.7 Å². The molecule has 0 radical (unpaired) electrons. The van der Waals surface area contributed by atoms with Gasteiger partial charge < -0.3 is 8.98 Å². The largest absolute Gasteiger partial charge is 0.467 e. The van der Waals surface area contributed by atoms with Crippen LogP contribution in [0.1, 0.15) is 30.6 Å². The quantitative estimate of drug-likeness (QED) is 0.657. The second kappa shape index (κ2) is 5.93. The monoisotopic (exact) mass is 306 g/mol. The summed E-state index contributed by atoms with van der Waals surface area (Å²) >= 11 is 5.93. The summed E-state index contributed by atoms with van der Waals surface area (Å²) in [6, 6.07) is 3.87. The SMILES string of the molecule is CCCc1nn(C)c2c1nc(CCCl)n2Cc1ccco1. The van der Waals surface area contributed by atoms with Gasteiger partial charge in [-0.25, -0.2) is 4.98 Å². The highest BCUT2D eigenvalue weighted by molar-refractivity contribution is 6.17. The highest BCUT2D eigenvalue weighted by Gasteiger charge is 2.19. The molecule has 0 unspecified atom stereocenters. The average Bonchev–Trinajstić information content (AvgIpc) is 3.13. The van der Waals surface area contributed by atoms with E-state index in [0.29, 0.717) is 12.4 Å². The van der Waals surface area contributed by atoms with Gasteiger partial charge in [0, 0.05) is 19.3 Å². The predicted octanol–water partition coefficient (Wildman–Crippen LogP) is 3.14. The number of imidazole rings is 1. The summed E-state index contributed by atoms with van der Waals surface area (Å²) in [7, 11) is 1.96. The lowest BCUT2D eigenvalue weighted by molar-refractivity contribution is 0.490. The lowest BCUT2D eigenvalue weighted by Gasteiger charge is -2.07. The minimum atomic E-state index is 0.554. The molecule has 5 nitrogen and oxygen atoms in total. The van der Waals surface area contributed by atoms with Crippen molar-refractivity contribution in [2.45, 2.75) is 32.7 Å². The molecule has 3 heterocycles. The third-order valence-corrected chi connectivity index (χ3v) is 3.76. The Morgan fingerprint density at radius 3 is 2.86 bits per heavy atom. The number of fused-ring (bicyclic) bond motifs is 1. The molecule has 21 heavy (non-hydrogen) atoms. The fraction of sp³-hybridized carbons (Fsp3) is 0.467. The number of hydrogen-bond acceptors (Lipinski definition) is 3. The van der Waals surface area contributed by atoms with Gasteiger partial charge >= 0.3 is 0 Å². The minimum absolute atomic E-state index is 0.554. The Bertz CT molecular complexity index is 727. The highest BCUT2D eigenvalue weighted by atomic mass is 35.5. The first-order valence-electron chi connectivity index (χ1n) is 7.24. The van der Waals surface area contributed by atoms with Gasteiger partial charge in [0.2, 0.25) is 0 Å². The van der Waals surface area contributed by atoms with Crippen molar-refractivity contribution in [3.8, 4) is 0 Å². The van der Waals surface area contributed by atoms with E-state index in [9.17, 15) is 0 Å². The van der Waals surface area contributed by atoms with Crippen molar-refractivity contribution in [1.82, 2.24) is 19.3 Å². The van der Waals surface area contributed by atoms with Crippen molar-refractivity contribution < 1.29 is 4.42 Å². The summed E-state index contributed by atoms with van der Waals surface area (Å²) in [5, 5.41) is 4.60. The Kier molecular flexibility index (Phi) is 4.01. The zero-order chi connectivity index (χ0) is 14.8. The summed E-state index contributed by atoms with van der Waals surface area (Å²) in [4.78, 5) is 4.78. The summed E-state index contributed by atoms with van der Waals surface area (Å²) < 4.78 is 9.54. The van der Waals surface area contributed by atoms with Crippen LogP contribution in [0.25, 0.3) is 11.2 Å². The van der Waals surface area contributed by atoms with E-state index in [4.69, 9.17) is 21.0 Å². The van der Waals surface area contributed by atoms with Gasteiger partial charge in [0.25, 0.3) is 0 Å². The maximum atomic E-state index is 5.93. The number of aryl methyl sites for hydroxylation is 3. The van der Waals surface area contributed by atoms with Crippen LogP contribution in [0.5, 0.6) is 0 Å². The van der Waals surface area contributed by atoms with Gasteiger partial charge in [-0.05, 0) is 18.6 Å². The molecular formula is C15H19ClN4O. The van der Waals surface area contributed by atoms with E-state index in [0.717, 1.165) is 47.7 Å². The summed E-state index contributed by atoms with van der Waals surface area (Å²) in [5.41, 5.74) is 3.09. The minimum Gasteiger partial charge on any atom is -0.467 e. The summed E-state index contributed by atoms with van der Waals surface area (Å²) in [6.07, 6.45) is 4.43. The van der Waals surface area contributed by atoms with Crippen LogP contribution < -0.4 is 0 Å². The van der Waals surface area contributed by atoms with Crippen LogP contribution in [0.4, 0.5) is 0 Å². The van der Waals surface area contributed by atoms with Gasteiger partial charge in [-0.15, -0.1) is 11.6 Å². The average molecular weight is 307 g/mol. The smallest absolute Gasteiger partial charge is 0.159 e. The Morgan fingerprint density at radius 1 is 1.33 bits per heavy atom. The lowest BCUT2D eigenvalue weighted by Crippen LogP contribution is -2.08. The maximum absolute atomic E-state index is 5.93. The van der Waals surface area contributed by atoms with Crippen molar-refractivity contribution >= 4 is 22.8 Å². The molecule has 0 saturated heterocycles. The maximum Gasteiger partial charge on any atom is 0.159 e. The van der Waals surface area contributed by atoms with E-state index in [-0.39, 0.29) is 0 Å². The zero-order valence-electron chi connectivity index (χ0n) is 12.3. The predicted molar refractivity (Wildman–Crippen MR) is 82.7 cm³/mol. The van der Waals surface area contributed by atoms with Crippen molar-refractivity contribution in [2.75, 3.05) is 5.88 Å². The number of halogens is 1. The van der Waals surface area contributed by atoms with Crippen molar-refractivity contribution in [3.63, 3.8) is 0 Å². The highest BCUT2D eigenvalue weighted by Crippen LogP contribution is 2.22. The Hall–Kier alpha value is -1.75. The van der Waals surface area contributed by atoms with Crippen molar-refractivity contribution in [1.29, 1.82) is 0 Å². The van der Waals surface area contributed by atoms with Crippen LogP contribution in [0.3, 0.4) is 0 Å². The molecule has 0 aliphatic heterocycles. The molecule has 3 rings (SSSR count). The summed E-state index contributed by atoms with van der Waals surface area (Å²) in [5.74, 6) is 2.45. The molecule has 0 bridgehead atoms. The Balaban J connectivity index is 2.12. The molecule has 0 aliphatic carbocycles. The normalized spacial score (nSPS) is 11.6. The van der Waals surface area contributed by atoms with Crippen molar-refractivity contribution in [2.24, 2.45) is 7.05 Å². The third kappa shape index (κ3) is 2.58. The summed E-state index contributed by atoms with van der Waals surface area (Å²) in [6.45, 7) is 2.81. The van der Waals surface area contributed by atoms with Crippen LogP contribution in [-0.4, -0.2) is 25.2 Å². The molecule has 0 fully saturated rings. The van der Waals surface area contributed by atoms with E-state index in [1.807, 2.05) is 23.9 Å². The molecule has 0 atom stereocenters. The molecule has 0 aromatic carbocycles. The fourth-order valence-electron chi connectivity index (χ4n) is 2.69. The molecular weight excluding hydrogens is 288 g/mol.